The van der Waals surface area contributed by atoms with Gasteiger partial charge in [0.15, 0.2) is 11.3 Å². The Hall–Kier alpha value is -2.32. The third-order valence-corrected chi connectivity index (χ3v) is 6.30. The lowest BCUT2D eigenvalue weighted by Crippen LogP contribution is -2.50. The third-order valence-electron chi connectivity index (χ3n) is 4.73. The van der Waals surface area contributed by atoms with Gasteiger partial charge in [0.25, 0.3) is 5.91 Å². The Morgan fingerprint density at radius 1 is 1.28 bits per heavy atom. The number of nitrogens with zero attached hydrogens (tertiary/aromatic N) is 3. The quantitative estimate of drug-likeness (QED) is 0.678. The van der Waals surface area contributed by atoms with E-state index in [1.807, 2.05) is 42.5 Å². The van der Waals surface area contributed by atoms with Gasteiger partial charge in [-0.15, -0.1) is 5.10 Å². The molecule has 4 rings (SSSR count). The maximum Gasteiger partial charge on any atom is 0.276 e. The summed E-state index contributed by atoms with van der Waals surface area (Å²) in [6, 6.07) is 13.5. The molecule has 0 bridgehead atoms. The number of unbranched alkanes of at least 4 members (excludes halogenated alkanes) is 1. The zero-order valence-electron chi connectivity index (χ0n) is 16.2. The van der Waals surface area contributed by atoms with E-state index in [0.29, 0.717) is 10.9 Å². The number of hydrazone groups is 1. The highest BCUT2D eigenvalue weighted by Gasteiger charge is 2.34. The van der Waals surface area contributed by atoms with Gasteiger partial charge in [0.2, 0.25) is 0 Å². The number of carbonyl (C=O) groups excluding carboxylic acids is 1. The first-order valence-electron chi connectivity index (χ1n) is 9.45. The minimum absolute atomic E-state index is 0.154. The van der Waals surface area contributed by atoms with E-state index < -0.39 is 6.17 Å². The van der Waals surface area contributed by atoms with Gasteiger partial charge in [-0.2, -0.15) is 0 Å². The van der Waals surface area contributed by atoms with Crippen LogP contribution in [0.3, 0.4) is 0 Å². The molecule has 2 aromatic rings. The maximum atomic E-state index is 13.0. The lowest BCUT2D eigenvalue weighted by molar-refractivity contribution is -0.116. The van der Waals surface area contributed by atoms with Gasteiger partial charge >= 0.3 is 0 Å². The number of rotatable bonds is 5. The second-order valence-electron chi connectivity index (χ2n) is 6.67. The molecular formula is C21H21BrN4O2S. The SMILES string of the molecule is CCCCSC1=NN2C(=c3ccccc3=N[C@@H]2c2ccc(OC)c(Br)c2)C(=O)N1. The standard InChI is InChI=1S/C21H21BrN4O2S/c1-3-4-11-29-21-24-20(27)18-14-7-5-6-8-16(14)23-19(26(18)25-21)13-9-10-17(28-2)15(22)12-13/h5-10,12,19H,3-4,11H2,1-2H3,(H,24,25,27)/t19-/m0/s1. The minimum Gasteiger partial charge on any atom is -0.496 e. The first-order chi connectivity index (χ1) is 14.1. The molecule has 6 nitrogen and oxygen atoms in total. The van der Waals surface area contributed by atoms with Crippen LogP contribution in [0, 0.1) is 0 Å². The lowest BCUT2D eigenvalue weighted by Gasteiger charge is -2.34. The summed E-state index contributed by atoms with van der Waals surface area (Å²) >= 11 is 5.11. The van der Waals surface area contributed by atoms with Crippen LogP contribution in [-0.2, 0) is 4.79 Å². The van der Waals surface area contributed by atoms with Gasteiger partial charge in [0.1, 0.15) is 11.4 Å². The fourth-order valence-electron chi connectivity index (χ4n) is 3.27. The highest BCUT2D eigenvalue weighted by Crippen LogP contribution is 2.34. The Morgan fingerprint density at radius 3 is 2.86 bits per heavy atom. The Labute approximate surface area is 181 Å². The number of methoxy groups -OCH3 is 1. The van der Waals surface area contributed by atoms with Gasteiger partial charge in [-0.05, 0) is 46.1 Å². The molecule has 2 aromatic carbocycles. The highest BCUT2D eigenvalue weighted by atomic mass is 79.9. The van der Waals surface area contributed by atoms with Crippen molar-refractivity contribution in [3.8, 4) is 5.75 Å². The van der Waals surface area contributed by atoms with Crippen LogP contribution in [0.1, 0.15) is 31.5 Å². The van der Waals surface area contributed by atoms with Crippen LogP contribution in [0.25, 0.3) is 5.70 Å². The Kier molecular flexibility index (Phi) is 5.91. The van der Waals surface area contributed by atoms with Crippen LogP contribution in [0.4, 0.5) is 0 Å². The molecule has 8 heteroatoms. The molecule has 150 valence electrons. The number of hydrogen-bond acceptors (Lipinski definition) is 6. The van der Waals surface area contributed by atoms with Crippen molar-refractivity contribution in [2.75, 3.05) is 12.9 Å². The number of amidine groups is 1. The molecule has 0 aliphatic carbocycles. The summed E-state index contributed by atoms with van der Waals surface area (Å²) in [5.74, 6) is 1.49. The van der Waals surface area contributed by atoms with Crippen molar-refractivity contribution in [3.05, 3.63) is 63.1 Å². The molecule has 0 saturated carbocycles. The number of amides is 1. The van der Waals surface area contributed by atoms with E-state index in [1.54, 1.807) is 23.9 Å². The molecule has 0 unspecified atom stereocenters. The van der Waals surface area contributed by atoms with Gasteiger partial charge in [0, 0.05) is 11.0 Å². The molecule has 0 spiro atoms. The third kappa shape index (κ3) is 3.91. The van der Waals surface area contributed by atoms with E-state index in [4.69, 9.17) is 14.8 Å². The predicted octanol–water partition coefficient (Wildman–Crippen LogP) is 3.13. The summed E-state index contributed by atoms with van der Waals surface area (Å²) < 4.78 is 6.18. The molecule has 1 amide bonds. The second kappa shape index (κ2) is 8.59. The Balaban J connectivity index is 1.83. The van der Waals surface area contributed by atoms with Crippen LogP contribution < -0.4 is 20.6 Å². The van der Waals surface area contributed by atoms with Crippen LogP contribution in [0.2, 0.25) is 0 Å². The van der Waals surface area contributed by atoms with Crippen LogP contribution in [0.5, 0.6) is 5.75 Å². The topological polar surface area (TPSA) is 66.3 Å². The first kappa shape index (κ1) is 20.0. The van der Waals surface area contributed by atoms with Gasteiger partial charge in [-0.25, -0.2) is 5.01 Å². The molecule has 0 radical (unpaired) electrons. The van der Waals surface area contributed by atoms with Crippen molar-refractivity contribution in [3.63, 3.8) is 0 Å². The molecule has 0 saturated heterocycles. The predicted molar refractivity (Wildman–Crippen MR) is 119 cm³/mol. The van der Waals surface area contributed by atoms with Gasteiger partial charge in [-0.3, -0.25) is 15.1 Å². The van der Waals surface area contributed by atoms with Crippen molar-refractivity contribution >= 4 is 44.5 Å². The van der Waals surface area contributed by atoms with E-state index in [-0.39, 0.29) is 5.91 Å². The summed E-state index contributed by atoms with van der Waals surface area (Å²) in [6.07, 6.45) is 1.73. The number of ether oxygens (including phenoxy) is 1. The molecule has 2 heterocycles. The zero-order chi connectivity index (χ0) is 20.4. The van der Waals surface area contributed by atoms with Crippen molar-refractivity contribution in [2.24, 2.45) is 10.1 Å². The zero-order valence-corrected chi connectivity index (χ0v) is 18.6. The van der Waals surface area contributed by atoms with Gasteiger partial charge in [-0.1, -0.05) is 49.4 Å². The summed E-state index contributed by atoms with van der Waals surface area (Å²) in [5.41, 5.74) is 1.44. The monoisotopic (exact) mass is 472 g/mol. The summed E-state index contributed by atoms with van der Waals surface area (Å²) in [6.45, 7) is 2.14. The number of para-hydroxylation sites is 1. The average molecular weight is 473 g/mol. The molecule has 29 heavy (non-hydrogen) atoms. The second-order valence-corrected chi connectivity index (χ2v) is 8.61. The number of benzene rings is 2. The number of thioether (sulfide) groups is 1. The van der Waals surface area contributed by atoms with E-state index >= 15 is 0 Å². The first-order valence-corrected chi connectivity index (χ1v) is 11.2. The molecular weight excluding hydrogens is 452 g/mol. The molecule has 2 aliphatic rings. The highest BCUT2D eigenvalue weighted by molar-refractivity contribution is 9.10. The van der Waals surface area contributed by atoms with E-state index in [9.17, 15) is 4.79 Å². The smallest absolute Gasteiger partial charge is 0.276 e. The number of fused-ring (bicyclic) bond motifs is 2. The van der Waals surface area contributed by atoms with Crippen molar-refractivity contribution in [1.29, 1.82) is 0 Å². The summed E-state index contributed by atoms with van der Waals surface area (Å²) in [4.78, 5) is 17.9. The van der Waals surface area contributed by atoms with E-state index in [1.165, 1.54) is 0 Å². The van der Waals surface area contributed by atoms with Crippen LogP contribution in [-0.4, -0.2) is 28.9 Å². The molecule has 1 atom stereocenters. The van der Waals surface area contributed by atoms with Crippen LogP contribution >= 0.6 is 27.7 Å². The molecule has 2 aliphatic heterocycles. The fourth-order valence-corrected chi connectivity index (χ4v) is 4.76. The molecule has 0 fully saturated rings. The normalized spacial score (nSPS) is 17.7. The summed E-state index contributed by atoms with van der Waals surface area (Å²) in [5, 5.41) is 11.6. The summed E-state index contributed by atoms with van der Waals surface area (Å²) in [7, 11) is 1.63. The minimum atomic E-state index is -0.435. The van der Waals surface area contributed by atoms with Crippen molar-refractivity contribution in [1.82, 2.24) is 10.3 Å². The van der Waals surface area contributed by atoms with Crippen molar-refractivity contribution in [2.45, 2.75) is 25.9 Å². The van der Waals surface area contributed by atoms with Gasteiger partial charge in [0.05, 0.1) is 16.9 Å². The van der Waals surface area contributed by atoms with Crippen molar-refractivity contribution < 1.29 is 9.53 Å². The number of nitrogens with one attached hydrogen (secondary N) is 1. The number of hydrogen-bond donors (Lipinski definition) is 1. The fraction of sp³-hybridized carbons (Fsp3) is 0.286. The average Bonchev–Trinajstić information content (AvgIpc) is 2.73. The van der Waals surface area contributed by atoms with E-state index in [0.717, 1.165) is 45.0 Å². The van der Waals surface area contributed by atoms with Crippen LogP contribution in [0.15, 0.2) is 57.0 Å². The largest absolute Gasteiger partial charge is 0.496 e. The maximum absolute atomic E-state index is 13.0. The lowest BCUT2D eigenvalue weighted by atomic mass is 10.1. The number of carbonyl (C=O) groups is 1. The molecule has 1 N–H and O–H groups in total. The Morgan fingerprint density at radius 2 is 2.10 bits per heavy atom. The number of halogens is 1. The Bertz CT molecular complexity index is 1100. The van der Waals surface area contributed by atoms with E-state index in [2.05, 4.69) is 28.2 Å². The molecule has 0 aromatic heterocycles. The van der Waals surface area contributed by atoms with Gasteiger partial charge < -0.3 is 4.74 Å².